The summed E-state index contributed by atoms with van der Waals surface area (Å²) in [4.78, 5) is 25.8. The van der Waals surface area contributed by atoms with Crippen molar-refractivity contribution in [3.8, 4) is 5.69 Å². The number of fused-ring (bicyclic) bond motifs is 3. The average Bonchev–Trinajstić information content (AvgIpc) is 3.72. The molecule has 0 N–H and O–H groups in total. The number of rotatable bonds is 7. The van der Waals surface area contributed by atoms with Crippen molar-refractivity contribution in [1.82, 2.24) is 9.78 Å². The van der Waals surface area contributed by atoms with Crippen LogP contribution in [-0.4, -0.2) is 21.3 Å². The molecule has 0 spiro atoms. The topological polar surface area (TPSA) is 52.0 Å². The molecule has 2 aliphatic rings. The molecule has 0 saturated heterocycles. The maximum atomic E-state index is 13.0. The quantitative estimate of drug-likeness (QED) is 0.223. The molecule has 188 valence electrons. The van der Waals surface area contributed by atoms with Gasteiger partial charge < -0.3 is 0 Å². The number of carbonyl (C=O) groups is 2. The molecule has 0 saturated carbocycles. The number of allylic oxidation sites excluding steroid dienone is 2. The Morgan fingerprint density at radius 1 is 0.667 bits per heavy atom. The molecule has 2 aliphatic carbocycles. The van der Waals surface area contributed by atoms with Crippen molar-refractivity contribution in [1.29, 1.82) is 0 Å². The minimum Gasteiger partial charge on any atom is -0.294 e. The molecule has 0 unspecified atom stereocenters. The third kappa shape index (κ3) is 4.44. The fourth-order valence-corrected chi connectivity index (χ4v) is 5.57. The van der Waals surface area contributed by atoms with E-state index in [1.165, 1.54) is 11.1 Å². The van der Waals surface area contributed by atoms with Crippen molar-refractivity contribution in [2.75, 3.05) is 0 Å². The molecule has 39 heavy (non-hydrogen) atoms. The van der Waals surface area contributed by atoms with Gasteiger partial charge >= 0.3 is 0 Å². The standard InChI is InChI=1S/C35H26N2O2/c38-34(29-12-10-25-3-1-5-27(25)20-29)18-23-7-14-32(15-8-23)37-33-16-9-24(17-31(33)22-36-37)19-35(39)30-13-11-26-4-2-6-28(26)21-30/h1-2,5-17,20-22H,3-4,18-19H2. The molecule has 7 rings (SSSR count). The van der Waals surface area contributed by atoms with Gasteiger partial charge in [0.2, 0.25) is 0 Å². The Balaban J connectivity index is 1.06. The van der Waals surface area contributed by atoms with Crippen LogP contribution in [0, 0.1) is 0 Å². The van der Waals surface area contributed by atoms with Gasteiger partial charge in [0.1, 0.15) is 0 Å². The number of Topliss-reactive ketones (excluding diaryl/α,β-unsaturated/α-hetero) is 2. The lowest BCUT2D eigenvalue weighted by atomic mass is 9.99. The summed E-state index contributed by atoms with van der Waals surface area (Å²) in [5.41, 5.74) is 10.2. The zero-order valence-corrected chi connectivity index (χ0v) is 21.4. The first-order valence-electron chi connectivity index (χ1n) is 13.3. The van der Waals surface area contributed by atoms with E-state index in [9.17, 15) is 9.59 Å². The Kier molecular flexibility index (Phi) is 5.66. The van der Waals surface area contributed by atoms with Crippen LogP contribution in [-0.2, 0) is 25.7 Å². The van der Waals surface area contributed by atoms with Crippen LogP contribution < -0.4 is 0 Å². The predicted molar refractivity (Wildman–Crippen MR) is 155 cm³/mol. The predicted octanol–water partition coefficient (Wildman–Crippen LogP) is 7.01. The van der Waals surface area contributed by atoms with Crippen LogP contribution in [0.1, 0.15) is 54.1 Å². The van der Waals surface area contributed by atoms with Gasteiger partial charge in [-0.05, 0) is 82.6 Å². The number of carbonyl (C=O) groups excluding carboxylic acids is 2. The van der Waals surface area contributed by atoms with Crippen molar-refractivity contribution in [2.24, 2.45) is 0 Å². The number of nitrogens with zero attached hydrogens (tertiary/aromatic N) is 2. The maximum Gasteiger partial charge on any atom is 0.167 e. The first-order chi connectivity index (χ1) is 19.1. The second-order valence-corrected chi connectivity index (χ2v) is 10.4. The summed E-state index contributed by atoms with van der Waals surface area (Å²) < 4.78 is 1.90. The highest BCUT2D eigenvalue weighted by molar-refractivity contribution is 5.99. The van der Waals surface area contributed by atoms with E-state index < -0.39 is 0 Å². The van der Waals surface area contributed by atoms with Gasteiger partial charge in [-0.25, -0.2) is 4.68 Å². The van der Waals surface area contributed by atoms with E-state index in [0.717, 1.165) is 62.8 Å². The number of hydrogen-bond acceptors (Lipinski definition) is 3. The normalized spacial score (nSPS) is 13.1. The molecule has 0 amide bonds. The van der Waals surface area contributed by atoms with E-state index in [-0.39, 0.29) is 11.6 Å². The first-order valence-corrected chi connectivity index (χ1v) is 13.3. The molecule has 5 aromatic rings. The minimum absolute atomic E-state index is 0.117. The Morgan fingerprint density at radius 3 is 1.90 bits per heavy atom. The fraction of sp³-hybridized carbons (Fsp3) is 0.114. The smallest absolute Gasteiger partial charge is 0.167 e. The molecule has 4 aromatic carbocycles. The Morgan fingerprint density at radius 2 is 1.26 bits per heavy atom. The summed E-state index contributed by atoms with van der Waals surface area (Å²) >= 11 is 0. The van der Waals surface area contributed by atoms with E-state index in [2.05, 4.69) is 41.5 Å². The second-order valence-electron chi connectivity index (χ2n) is 10.4. The Bertz CT molecular complexity index is 1840. The zero-order valence-electron chi connectivity index (χ0n) is 21.4. The monoisotopic (exact) mass is 506 g/mol. The maximum absolute atomic E-state index is 13.0. The fourth-order valence-electron chi connectivity index (χ4n) is 5.57. The van der Waals surface area contributed by atoms with Crippen molar-refractivity contribution in [2.45, 2.75) is 25.7 Å². The van der Waals surface area contributed by atoms with Crippen LogP contribution in [0.4, 0.5) is 0 Å². The van der Waals surface area contributed by atoms with Gasteiger partial charge in [-0.3, -0.25) is 9.59 Å². The van der Waals surface area contributed by atoms with Crippen LogP contribution in [0.25, 0.3) is 28.7 Å². The molecule has 0 bridgehead atoms. The largest absolute Gasteiger partial charge is 0.294 e. The highest BCUT2D eigenvalue weighted by Crippen LogP contribution is 2.25. The first kappa shape index (κ1) is 23.3. The van der Waals surface area contributed by atoms with Crippen molar-refractivity contribution in [3.63, 3.8) is 0 Å². The zero-order chi connectivity index (χ0) is 26.3. The molecule has 4 heteroatoms. The number of hydrogen-bond donors (Lipinski definition) is 0. The molecule has 0 aliphatic heterocycles. The number of benzene rings is 4. The highest BCUT2D eigenvalue weighted by atomic mass is 16.1. The molecule has 4 nitrogen and oxygen atoms in total. The van der Waals surface area contributed by atoms with E-state index in [1.807, 2.05) is 77.6 Å². The van der Waals surface area contributed by atoms with Gasteiger partial charge in [0.05, 0.1) is 17.4 Å². The Labute approximate surface area is 226 Å². The van der Waals surface area contributed by atoms with Gasteiger partial charge in [0.15, 0.2) is 11.6 Å². The molecule has 1 aromatic heterocycles. The minimum atomic E-state index is 0.117. The van der Waals surface area contributed by atoms with Crippen LogP contribution in [0.5, 0.6) is 0 Å². The second kappa shape index (κ2) is 9.48. The molecule has 0 radical (unpaired) electrons. The lowest BCUT2D eigenvalue weighted by Gasteiger charge is -2.08. The summed E-state index contributed by atoms with van der Waals surface area (Å²) in [5, 5.41) is 5.59. The van der Waals surface area contributed by atoms with Crippen molar-refractivity contribution in [3.05, 3.63) is 142 Å². The van der Waals surface area contributed by atoms with Crippen LogP contribution in [0.2, 0.25) is 0 Å². The summed E-state index contributed by atoms with van der Waals surface area (Å²) in [6, 6.07) is 26.0. The summed E-state index contributed by atoms with van der Waals surface area (Å²) in [7, 11) is 0. The number of ketones is 2. The van der Waals surface area contributed by atoms with Crippen LogP contribution in [0.15, 0.2) is 97.2 Å². The van der Waals surface area contributed by atoms with E-state index in [4.69, 9.17) is 0 Å². The third-order valence-corrected chi connectivity index (χ3v) is 7.75. The molecular formula is C35H26N2O2. The summed E-state index contributed by atoms with van der Waals surface area (Å²) in [5.74, 6) is 0.236. The van der Waals surface area contributed by atoms with Gasteiger partial charge in [0.25, 0.3) is 0 Å². The van der Waals surface area contributed by atoms with Gasteiger partial charge in [0, 0.05) is 29.4 Å². The van der Waals surface area contributed by atoms with Gasteiger partial charge in [-0.2, -0.15) is 5.10 Å². The lowest BCUT2D eigenvalue weighted by Crippen LogP contribution is -2.05. The highest BCUT2D eigenvalue weighted by Gasteiger charge is 2.14. The van der Waals surface area contributed by atoms with Crippen LogP contribution in [0.3, 0.4) is 0 Å². The number of aromatic nitrogens is 2. The van der Waals surface area contributed by atoms with E-state index in [1.54, 1.807) is 0 Å². The Hall–Kier alpha value is -4.83. The molecule has 1 heterocycles. The van der Waals surface area contributed by atoms with Crippen molar-refractivity contribution >= 4 is 34.6 Å². The summed E-state index contributed by atoms with van der Waals surface area (Å²) in [6.45, 7) is 0. The third-order valence-electron chi connectivity index (χ3n) is 7.75. The molecule has 0 fully saturated rings. The van der Waals surface area contributed by atoms with E-state index >= 15 is 0 Å². The van der Waals surface area contributed by atoms with Crippen LogP contribution >= 0.6 is 0 Å². The summed E-state index contributed by atoms with van der Waals surface area (Å²) in [6.07, 6.45) is 12.9. The van der Waals surface area contributed by atoms with Gasteiger partial charge in [-0.15, -0.1) is 0 Å². The lowest BCUT2D eigenvalue weighted by molar-refractivity contribution is 0.0984. The average molecular weight is 507 g/mol. The van der Waals surface area contributed by atoms with E-state index in [0.29, 0.717) is 12.8 Å². The molecular weight excluding hydrogens is 480 g/mol. The SMILES string of the molecule is O=C(Cc1ccc(-n2ncc3cc(CC(=O)c4ccc5c(c4)C=CC5)ccc32)cc1)c1ccc2c(c1)C=CC2. The van der Waals surface area contributed by atoms with Gasteiger partial charge in [-0.1, -0.05) is 66.8 Å². The van der Waals surface area contributed by atoms with Crippen molar-refractivity contribution < 1.29 is 9.59 Å². The molecule has 0 atom stereocenters.